The molecule has 1 aromatic carbocycles. The van der Waals surface area contributed by atoms with E-state index in [0.29, 0.717) is 5.69 Å². The highest BCUT2D eigenvalue weighted by molar-refractivity contribution is 7.92. The van der Waals surface area contributed by atoms with E-state index in [1.54, 1.807) is 12.1 Å². The highest BCUT2D eigenvalue weighted by atomic mass is 32.2. The van der Waals surface area contributed by atoms with Gasteiger partial charge < -0.3 is 4.90 Å². The molecule has 0 amide bonds. The zero-order chi connectivity index (χ0) is 18.5. The summed E-state index contributed by atoms with van der Waals surface area (Å²) in [6.07, 6.45) is 4.73. The zero-order valence-electron chi connectivity index (χ0n) is 14.8. The van der Waals surface area contributed by atoms with Crippen LogP contribution in [0.4, 0.5) is 11.4 Å². The van der Waals surface area contributed by atoms with Gasteiger partial charge in [-0.15, -0.1) is 0 Å². The Morgan fingerprint density at radius 1 is 1.04 bits per heavy atom. The lowest BCUT2D eigenvalue weighted by Gasteiger charge is -2.29. The molecule has 0 radical (unpaired) electrons. The molecule has 1 N–H and O–H groups in total. The van der Waals surface area contributed by atoms with Crippen LogP contribution >= 0.6 is 0 Å². The molecule has 0 aromatic heterocycles. The summed E-state index contributed by atoms with van der Waals surface area (Å²) in [4.78, 5) is 2.30. The molecule has 1 fully saturated rings. The first-order valence-corrected chi connectivity index (χ1v) is 12.0. The molecule has 9 heteroatoms. The molecule has 25 heavy (non-hydrogen) atoms. The van der Waals surface area contributed by atoms with E-state index in [-0.39, 0.29) is 18.8 Å². The summed E-state index contributed by atoms with van der Waals surface area (Å²) in [6, 6.07) is 7.41. The molecule has 7 nitrogen and oxygen atoms in total. The Bertz CT molecular complexity index is 755. The summed E-state index contributed by atoms with van der Waals surface area (Å²) in [5.74, 6) is -0.0313. The van der Waals surface area contributed by atoms with Crippen molar-refractivity contribution in [1.29, 1.82) is 0 Å². The van der Waals surface area contributed by atoms with Crippen molar-refractivity contribution in [1.82, 2.24) is 4.72 Å². The van der Waals surface area contributed by atoms with Crippen molar-refractivity contribution >= 4 is 31.4 Å². The molecule has 1 saturated heterocycles. The maximum absolute atomic E-state index is 12.1. The Kier molecular flexibility index (Phi) is 6.70. The first kappa shape index (κ1) is 20.0. The highest BCUT2D eigenvalue weighted by Crippen LogP contribution is 2.24. The maximum Gasteiger partial charge on any atom is 0.232 e. The fourth-order valence-corrected chi connectivity index (χ4v) is 4.41. The van der Waals surface area contributed by atoms with E-state index in [1.165, 1.54) is 30.5 Å². The normalized spacial score (nSPS) is 16.0. The summed E-state index contributed by atoms with van der Waals surface area (Å²) in [6.45, 7) is 3.68. The molecule has 0 atom stereocenters. The lowest BCUT2D eigenvalue weighted by molar-refractivity contribution is 0.577. The molecular weight excluding hydrogens is 362 g/mol. The quantitative estimate of drug-likeness (QED) is 0.726. The molecule has 0 aliphatic carbocycles. The fourth-order valence-electron chi connectivity index (χ4n) is 2.87. The second kappa shape index (κ2) is 8.37. The molecule has 2 rings (SSSR count). The van der Waals surface area contributed by atoms with Gasteiger partial charge in [0, 0.05) is 31.9 Å². The van der Waals surface area contributed by atoms with E-state index in [9.17, 15) is 16.8 Å². The molecule has 0 saturated carbocycles. The summed E-state index contributed by atoms with van der Waals surface area (Å²) >= 11 is 0. The summed E-state index contributed by atoms with van der Waals surface area (Å²) in [5, 5.41) is 0. The molecule has 1 aliphatic rings. The van der Waals surface area contributed by atoms with Gasteiger partial charge in [-0.2, -0.15) is 0 Å². The standard InChI is InChI=1S/C16H27N3O4S2/c1-3-25(22,23)17-11-14-19(24(2,20)21)16-9-7-15(8-10-16)18-12-5-4-6-13-18/h7-10,17H,3-6,11-14H2,1-2H3. The van der Waals surface area contributed by atoms with Crippen LogP contribution in [-0.2, 0) is 20.0 Å². The van der Waals surface area contributed by atoms with Crippen molar-refractivity contribution in [2.75, 3.05) is 47.4 Å². The van der Waals surface area contributed by atoms with Crippen molar-refractivity contribution in [2.45, 2.75) is 26.2 Å². The number of sulfonamides is 2. The van der Waals surface area contributed by atoms with Crippen molar-refractivity contribution in [3.8, 4) is 0 Å². The topological polar surface area (TPSA) is 86.8 Å². The van der Waals surface area contributed by atoms with Gasteiger partial charge in [0.1, 0.15) is 0 Å². The molecule has 0 unspecified atom stereocenters. The average molecular weight is 390 g/mol. The first-order valence-electron chi connectivity index (χ1n) is 8.53. The number of nitrogens with one attached hydrogen (secondary N) is 1. The first-order chi connectivity index (χ1) is 11.7. The SMILES string of the molecule is CCS(=O)(=O)NCCN(c1ccc(N2CCCCC2)cc1)S(C)(=O)=O. The highest BCUT2D eigenvalue weighted by Gasteiger charge is 2.19. The Morgan fingerprint density at radius 2 is 1.64 bits per heavy atom. The average Bonchev–Trinajstić information content (AvgIpc) is 2.59. The Balaban J connectivity index is 2.09. The van der Waals surface area contributed by atoms with Gasteiger partial charge in [0.25, 0.3) is 0 Å². The van der Waals surface area contributed by atoms with Crippen molar-refractivity contribution in [3.05, 3.63) is 24.3 Å². The third kappa shape index (κ3) is 5.86. The van der Waals surface area contributed by atoms with Gasteiger partial charge >= 0.3 is 0 Å². The van der Waals surface area contributed by atoms with Crippen LogP contribution in [0, 0.1) is 0 Å². The van der Waals surface area contributed by atoms with Gasteiger partial charge in [0.2, 0.25) is 20.0 Å². The van der Waals surface area contributed by atoms with Crippen LogP contribution in [0.2, 0.25) is 0 Å². The third-order valence-electron chi connectivity index (χ3n) is 4.28. The van der Waals surface area contributed by atoms with Crippen LogP contribution in [0.15, 0.2) is 24.3 Å². The molecule has 1 heterocycles. The van der Waals surface area contributed by atoms with E-state index in [2.05, 4.69) is 9.62 Å². The Labute approximate surface area is 151 Å². The lowest BCUT2D eigenvalue weighted by atomic mass is 10.1. The number of nitrogens with zero attached hydrogens (tertiary/aromatic N) is 2. The largest absolute Gasteiger partial charge is 0.372 e. The fraction of sp³-hybridized carbons (Fsp3) is 0.625. The third-order valence-corrected chi connectivity index (χ3v) is 6.87. The minimum Gasteiger partial charge on any atom is -0.372 e. The molecule has 142 valence electrons. The Morgan fingerprint density at radius 3 is 2.16 bits per heavy atom. The number of benzene rings is 1. The molecule has 1 aliphatic heterocycles. The van der Waals surface area contributed by atoms with Crippen LogP contribution in [0.5, 0.6) is 0 Å². The van der Waals surface area contributed by atoms with Gasteiger partial charge in [-0.25, -0.2) is 21.6 Å². The van der Waals surface area contributed by atoms with Gasteiger partial charge in [-0.1, -0.05) is 0 Å². The van der Waals surface area contributed by atoms with E-state index < -0.39 is 20.0 Å². The molecule has 0 bridgehead atoms. The molecule has 1 aromatic rings. The number of hydrogen-bond acceptors (Lipinski definition) is 5. The van der Waals surface area contributed by atoms with E-state index >= 15 is 0 Å². The number of anilines is 2. The second-order valence-corrected chi connectivity index (χ2v) is 10.2. The molecule has 0 spiro atoms. The smallest absolute Gasteiger partial charge is 0.232 e. The molecular formula is C16H27N3O4S2. The van der Waals surface area contributed by atoms with Crippen LogP contribution < -0.4 is 13.9 Å². The van der Waals surface area contributed by atoms with Gasteiger partial charge in [0.05, 0.1) is 17.7 Å². The summed E-state index contributed by atoms with van der Waals surface area (Å²) in [5.41, 5.74) is 1.63. The van der Waals surface area contributed by atoms with Crippen LogP contribution in [0.1, 0.15) is 26.2 Å². The van der Waals surface area contributed by atoms with Crippen molar-refractivity contribution in [3.63, 3.8) is 0 Å². The minimum absolute atomic E-state index is 0.0313. The van der Waals surface area contributed by atoms with Gasteiger partial charge in [-0.3, -0.25) is 4.31 Å². The minimum atomic E-state index is -3.50. The number of piperidine rings is 1. The number of hydrogen-bond donors (Lipinski definition) is 1. The predicted molar refractivity (Wildman–Crippen MR) is 102 cm³/mol. The summed E-state index contributed by atoms with van der Waals surface area (Å²) < 4.78 is 50.8. The zero-order valence-corrected chi connectivity index (χ0v) is 16.4. The van der Waals surface area contributed by atoms with E-state index in [1.807, 2.05) is 12.1 Å². The number of rotatable bonds is 8. The van der Waals surface area contributed by atoms with Crippen LogP contribution in [0.25, 0.3) is 0 Å². The van der Waals surface area contributed by atoms with Crippen LogP contribution in [-0.4, -0.2) is 55.0 Å². The monoisotopic (exact) mass is 389 g/mol. The predicted octanol–water partition coefficient (Wildman–Crippen LogP) is 1.38. The Hall–Kier alpha value is -1.32. The van der Waals surface area contributed by atoms with Gasteiger partial charge in [-0.05, 0) is 50.5 Å². The van der Waals surface area contributed by atoms with Crippen molar-refractivity contribution in [2.24, 2.45) is 0 Å². The van der Waals surface area contributed by atoms with E-state index in [4.69, 9.17) is 0 Å². The van der Waals surface area contributed by atoms with Crippen LogP contribution in [0.3, 0.4) is 0 Å². The maximum atomic E-state index is 12.1. The lowest BCUT2D eigenvalue weighted by Crippen LogP contribution is -2.38. The van der Waals surface area contributed by atoms with E-state index in [0.717, 1.165) is 25.0 Å². The van der Waals surface area contributed by atoms with Gasteiger partial charge in [0.15, 0.2) is 0 Å². The second-order valence-electron chi connectivity index (χ2n) is 6.20. The summed E-state index contributed by atoms with van der Waals surface area (Å²) in [7, 11) is -6.84. The van der Waals surface area contributed by atoms with Crippen molar-refractivity contribution < 1.29 is 16.8 Å².